The van der Waals surface area contributed by atoms with Crippen LogP contribution in [0, 0.1) is 5.82 Å². The second-order valence-corrected chi connectivity index (χ2v) is 6.04. The average Bonchev–Trinajstić information content (AvgIpc) is 2.26. The summed E-state index contributed by atoms with van der Waals surface area (Å²) >= 11 is 3.02. The van der Waals surface area contributed by atoms with Crippen LogP contribution in [0.15, 0.2) is 27.6 Å². The number of benzene rings is 1. The molecule has 0 fully saturated rings. The summed E-state index contributed by atoms with van der Waals surface area (Å²) in [5.74, 6) is -1.66. The van der Waals surface area contributed by atoms with Crippen molar-refractivity contribution in [2.24, 2.45) is 0 Å². The lowest BCUT2D eigenvalue weighted by Crippen LogP contribution is -2.39. The van der Waals surface area contributed by atoms with Gasteiger partial charge in [0.15, 0.2) is 0 Å². The van der Waals surface area contributed by atoms with E-state index in [9.17, 15) is 17.6 Å². The molecule has 1 N–H and O–H groups in total. The topological polar surface area (TPSA) is 72.5 Å². The zero-order chi connectivity index (χ0) is 13.9. The summed E-state index contributed by atoms with van der Waals surface area (Å²) in [7, 11) is -2.98. The number of halogens is 2. The van der Waals surface area contributed by atoms with E-state index in [-0.39, 0.29) is 0 Å². The van der Waals surface area contributed by atoms with Crippen LogP contribution in [-0.2, 0) is 19.6 Å². The Labute approximate surface area is 113 Å². The molecule has 1 unspecified atom stereocenters. The minimum atomic E-state index is -4.11. The second kappa shape index (κ2) is 5.77. The lowest BCUT2D eigenvalue weighted by molar-refractivity contribution is -0.142. The fourth-order valence-corrected chi connectivity index (χ4v) is 2.80. The summed E-state index contributed by atoms with van der Waals surface area (Å²) in [5, 5.41) is 0. The van der Waals surface area contributed by atoms with Crippen LogP contribution < -0.4 is 4.72 Å². The highest BCUT2D eigenvalue weighted by atomic mass is 79.9. The SMILES string of the molecule is COC(=O)C(C)NS(=O)(=O)c1ccc(Br)cc1F. The van der Waals surface area contributed by atoms with Gasteiger partial charge in [-0.15, -0.1) is 0 Å². The van der Waals surface area contributed by atoms with Crippen LogP contribution in [0.25, 0.3) is 0 Å². The second-order valence-electron chi connectivity index (χ2n) is 3.44. The van der Waals surface area contributed by atoms with Crippen molar-refractivity contribution in [1.82, 2.24) is 4.72 Å². The molecule has 0 amide bonds. The van der Waals surface area contributed by atoms with Gasteiger partial charge in [-0.25, -0.2) is 12.8 Å². The third kappa shape index (κ3) is 3.50. The molecule has 18 heavy (non-hydrogen) atoms. The van der Waals surface area contributed by atoms with Gasteiger partial charge in [-0.2, -0.15) is 4.72 Å². The Hall–Kier alpha value is -0.990. The molecular weight excluding hydrogens is 329 g/mol. The van der Waals surface area contributed by atoms with Crippen LogP contribution >= 0.6 is 15.9 Å². The van der Waals surface area contributed by atoms with E-state index in [4.69, 9.17) is 0 Å². The van der Waals surface area contributed by atoms with Gasteiger partial charge >= 0.3 is 5.97 Å². The highest BCUT2D eigenvalue weighted by Gasteiger charge is 2.25. The van der Waals surface area contributed by atoms with Crippen LogP contribution in [-0.4, -0.2) is 27.5 Å². The highest BCUT2D eigenvalue weighted by molar-refractivity contribution is 9.10. The molecular formula is C10H11BrFNO4S. The first-order chi connectivity index (χ1) is 8.27. The van der Waals surface area contributed by atoms with Crippen molar-refractivity contribution in [3.05, 3.63) is 28.5 Å². The molecule has 0 saturated heterocycles. The number of carbonyl (C=O) groups is 1. The number of sulfonamides is 1. The van der Waals surface area contributed by atoms with Crippen LogP contribution in [0.3, 0.4) is 0 Å². The fourth-order valence-electron chi connectivity index (χ4n) is 1.21. The van der Waals surface area contributed by atoms with E-state index in [1.165, 1.54) is 13.0 Å². The number of ether oxygens (including phenoxy) is 1. The maximum Gasteiger partial charge on any atom is 0.323 e. The Balaban J connectivity index is 3.04. The molecule has 1 atom stereocenters. The molecule has 5 nitrogen and oxygen atoms in total. The Morgan fingerprint density at radius 1 is 1.50 bits per heavy atom. The predicted octanol–water partition coefficient (Wildman–Crippen LogP) is 1.43. The Morgan fingerprint density at radius 2 is 2.11 bits per heavy atom. The van der Waals surface area contributed by atoms with Crippen molar-refractivity contribution >= 4 is 31.9 Å². The van der Waals surface area contributed by atoms with E-state index in [0.29, 0.717) is 4.47 Å². The summed E-state index contributed by atoms with van der Waals surface area (Å²) < 4.78 is 44.0. The molecule has 0 aliphatic rings. The number of hydrogen-bond donors (Lipinski definition) is 1. The third-order valence-electron chi connectivity index (χ3n) is 2.07. The predicted molar refractivity (Wildman–Crippen MR) is 65.9 cm³/mol. The summed E-state index contributed by atoms with van der Waals surface area (Å²) in [6, 6.07) is 2.42. The van der Waals surface area contributed by atoms with Gasteiger partial charge in [0.25, 0.3) is 0 Å². The van der Waals surface area contributed by atoms with E-state index in [1.807, 2.05) is 4.72 Å². The molecule has 0 spiro atoms. The summed E-state index contributed by atoms with van der Waals surface area (Å²) in [6.07, 6.45) is 0. The van der Waals surface area contributed by atoms with Crippen LogP contribution in [0.5, 0.6) is 0 Å². The molecule has 0 aliphatic carbocycles. The van der Waals surface area contributed by atoms with E-state index in [0.717, 1.165) is 19.2 Å². The maximum absolute atomic E-state index is 13.5. The average molecular weight is 340 g/mol. The molecule has 1 aromatic carbocycles. The lowest BCUT2D eigenvalue weighted by Gasteiger charge is -2.12. The number of methoxy groups -OCH3 is 1. The first-order valence-corrected chi connectivity index (χ1v) is 7.10. The number of hydrogen-bond acceptors (Lipinski definition) is 4. The third-order valence-corrected chi connectivity index (χ3v) is 4.14. The maximum atomic E-state index is 13.5. The minimum absolute atomic E-state index is 0.417. The van der Waals surface area contributed by atoms with Crippen molar-refractivity contribution in [3.8, 4) is 0 Å². The standard InChI is InChI=1S/C10H11BrFNO4S/c1-6(10(14)17-2)13-18(15,16)9-4-3-7(11)5-8(9)12/h3-6,13H,1-2H3. The molecule has 8 heteroatoms. The highest BCUT2D eigenvalue weighted by Crippen LogP contribution is 2.19. The molecule has 0 saturated carbocycles. The smallest absolute Gasteiger partial charge is 0.323 e. The minimum Gasteiger partial charge on any atom is -0.468 e. The van der Waals surface area contributed by atoms with Crippen molar-refractivity contribution in [2.75, 3.05) is 7.11 Å². The molecule has 0 aromatic heterocycles. The van der Waals surface area contributed by atoms with Gasteiger partial charge in [0.1, 0.15) is 16.8 Å². The normalized spacial score (nSPS) is 13.1. The fraction of sp³-hybridized carbons (Fsp3) is 0.300. The van der Waals surface area contributed by atoms with E-state index >= 15 is 0 Å². The number of nitrogens with one attached hydrogen (secondary N) is 1. The zero-order valence-electron chi connectivity index (χ0n) is 9.61. The summed E-state index contributed by atoms with van der Waals surface area (Å²) in [5.41, 5.74) is 0. The lowest BCUT2D eigenvalue weighted by atomic mass is 10.3. The van der Waals surface area contributed by atoms with E-state index in [2.05, 4.69) is 20.7 Å². The largest absolute Gasteiger partial charge is 0.468 e. The van der Waals surface area contributed by atoms with Gasteiger partial charge in [0.2, 0.25) is 10.0 Å². The van der Waals surface area contributed by atoms with Gasteiger partial charge < -0.3 is 4.74 Å². The van der Waals surface area contributed by atoms with Gasteiger partial charge in [-0.1, -0.05) is 15.9 Å². The molecule has 0 bridgehead atoms. The Bertz CT molecular complexity index is 561. The first kappa shape index (κ1) is 15.1. The number of esters is 1. The van der Waals surface area contributed by atoms with E-state index < -0.39 is 32.7 Å². The van der Waals surface area contributed by atoms with Gasteiger partial charge in [-0.3, -0.25) is 4.79 Å². The van der Waals surface area contributed by atoms with Gasteiger partial charge in [0, 0.05) is 4.47 Å². The van der Waals surface area contributed by atoms with Gasteiger partial charge in [0.05, 0.1) is 7.11 Å². The first-order valence-electron chi connectivity index (χ1n) is 4.83. The number of rotatable bonds is 4. The van der Waals surface area contributed by atoms with E-state index in [1.54, 1.807) is 0 Å². The van der Waals surface area contributed by atoms with Crippen LogP contribution in [0.4, 0.5) is 4.39 Å². The Morgan fingerprint density at radius 3 is 2.61 bits per heavy atom. The molecule has 1 rings (SSSR count). The van der Waals surface area contributed by atoms with Crippen molar-refractivity contribution in [3.63, 3.8) is 0 Å². The quantitative estimate of drug-likeness (QED) is 0.842. The van der Waals surface area contributed by atoms with Crippen LogP contribution in [0.1, 0.15) is 6.92 Å². The van der Waals surface area contributed by atoms with Crippen molar-refractivity contribution < 1.29 is 22.3 Å². The molecule has 1 aromatic rings. The Kier molecular flexibility index (Phi) is 4.83. The summed E-state index contributed by atoms with van der Waals surface area (Å²) in [6.45, 7) is 1.31. The monoisotopic (exact) mass is 339 g/mol. The van der Waals surface area contributed by atoms with Crippen molar-refractivity contribution in [2.45, 2.75) is 17.9 Å². The summed E-state index contributed by atoms with van der Waals surface area (Å²) in [4.78, 5) is 10.6. The number of carbonyl (C=O) groups excluding carboxylic acids is 1. The molecule has 0 radical (unpaired) electrons. The van der Waals surface area contributed by atoms with Gasteiger partial charge in [-0.05, 0) is 25.1 Å². The molecule has 100 valence electrons. The zero-order valence-corrected chi connectivity index (χ0v) is 12.0. The van der Waals surface area contributed by atoms with Crippen LogP contribution in [0.2, 0.25) is 0 Å². The molecule has 0 aliphatic heterocycles. The van der Waals surface area contributed by atoms with Crippen molar-refractivity contribution in [1.29, 1.82) is 0 Å². The molecule has 0 heterocycles.